The van der Waals surface area contributed by atoms with Gasteiger partial charge in [0.05, 0.1) is 12.7 Å². The monoisotopic (exact) mass is 225 g/mol. The summed E-state index contributed by atoms with van der Waals surface area (Å²) in [4.78, 5) is 22.2. The van der Waals surface area contributed by atoms with E-state index in [1.54, 1.807) is 13.0 Å². The molecule has 1 aromatic rings. The largest absolute Gasteiger partial charge is 0.468 e. The highest BCUT2D eigenvalue weighted by Crippen LogP contribution is 2.09. The number of nitrogens with one attached hydrogen (secondary N) is 1. The molecule has 86 valence electrons. The van der Waals surface area contributed by atoms with Crippen LogP contribution in [-0.2, 0) is 9.53 Å². The normalized spacial score (nSPS) is 9.69. The standard InChI is InChI=1S/C11H12FNO3/c1-7-3-4-8(9(12)5-7)11(15)13-6-10(14)16-2/h3-5H,6H2,1-2H3,(H,13,15). The number of amides is 1. The van der Waals surface area contributed by atoms with Crippen molar-refractivity contribution in [3.8, 4) is 0 Å². The third-order valence-corrected chi connectivity index (χ3v) is 1.99. The van der Waals surface area contributed by atoms with Crippen molar-refractivity contribution in [2.24, 2.45) is 0 Å². The molecule has 0 spiro atoms. The molecule has 0 unspecified atom stereocenters. The van der Waals surface area contributed by atoms with E-state index in [2.05, 4.69) is 10.1 Å². The topological polar surface area (TPSA) is 55.4 Å². The summed E-state index contributed by atoms with van der Waals surface area (Å²) in [5.41, 5.74) is 0.636. The van der Waals surface area contributed by atoms with Gasteiger partial charge in [-0.2, -0.15) is 0 Å². The van der Waals surface area contributed by atoms with Crippen molar-refractivity contribution in [3.05, 3.63) is 35.1 Å². The second-order valence-corrected chi connectivity index (χ2v) is 3.24. The zero-order valence-electron chi connectivity index (χ0n) is 9.04. The molecule has 16 heavy (non-hydrogen) atoms. The second-order valence-electron chi connectivity index (χ2n) is 3.24. The Morgan fingerprint density at radius 2 is 2.12 bits per heavy atom. The van der Waals surface area contributed by atoms with Gasteiger partial charge in [-0.15, -0.1) is 0 Å². The van der Waals surface area contributed by atoms with E-state index < -0.39 is 17.7 Å². The zero-order chi connectivity index (χ0) is 12.1. The number of rotatable bonds is 3. The molecular weight excluding hydrogens is 213 g/mol. The molecule has 4 nitrogen and oxygen atoms in total. The minimum Gasteiger partial charge on any atom is -0.468 e. The maximum atomic E-state index is 13.3. The number of hydrogen-bond acceptors (Lipinski definition) is 3. The molecule has 0 saturated heterocycles. The van der Waals surface area contributed by atoms with Gasteiger partial charge in [0.25, 0.3) is 5.91 Å². The average Bonchev–Trinajstić information content (AvgIpc) is 2.25. The highest BCUT2D eigenvalue weighted by atomic mass is 19.1. The van der Waals surface area contributed by atoms with Crippen molar-refractivity contribution in [1.29, 1.82) is 0 Å². The number of carbonyl (C=O) groups is 2. The third kappa shape index (κ3) is 3.05. The van der Waals surface area contributed by atoms with E-state index in [1.807, 2.05) is 0 Å². The van der Waals surface area contributed by atoms with Gasteiger partial charge in [-0.3, -0.25) is 9.59 Å². The summed E-state index contributed by atoms with van der Waals surface area (Å²) in [6.07, 6.45) is 0. The van der Waals surface area contributed by atoms with Crippen LogP contribution in [0.5, 0.6) is 0 Å². The van der Waals surface area contributed by atoms with E-state index in [0.29, 0.717) is 0 Å². The van der Waals surface area contributed by atoms with E-state index in [-0.39, 0.29) is 12.1 Å². The van der Waals surface area contributed by atoms with E-state index >= 15 is 0 Å². The quantitative estimate of drug-likeness (QED) is 0.782. The lowest BCUT2D eigenvalue weighted by Crippen LogP contribution is -2.30. The van der Waals surface area contributed by atoms with Gasteiger partial charge in [0.1, 0.15) is 12.4 Å². The van der Waals surface area contributed by atoms with E-state index in [4.69, 9.17) is 0 Å². The van der Waals surface area contributed by atoms with E-state index in [0.717, 1.165) is 5.56 Å². The molecule has 1 amide bonds. The molecule has 1 rings (SSSR count). The molecule has 5 heteroatoms. The first-order chi connectivity index (χ1) is 7.54. The second kappa shape index (κ2) is 5.25. The maximum Gasteiger partial charge on any atom is 0.325 e. The van der Waals surface area contributed by atoms with Crippen LogP contribution in [-0.4, -0.2) is 25.5 Å². The van der Waals surface area contributed by atoms with Crippen LogP contribution in [0.4, 0.5) is 4.39 Å². The van der Waals surface area contributed by atoms with Crippen LogP contribution in [0.1, 0.15) is 15.9 Å². The first kappa shape index (κ1) is 12.2. The molecular formula is C11H12FNO3. The molecule has 0 heterocycles. The van der Waals surface area contributed by atoms with Crippen molar-refractivity contribution in [2.75, 3.05) is 13.7 Å². The molecule has 0 atom stereocenters. The lowest BCUT2D eigenvalue weighted by Gasteiger charge is -2.05. The fraction of sp³-hybridized carbons (Fsp3) is 0.273. The van der Waals surface area contributed by atoms with Crippen molar-refractivity contribution in [2.45, 2.75) is 6.92 Å². The predicted molar refractivity (Wildman–Crippen MR) is 55.5 cm³/mol. The van der Waals surface area contributed by atoms with Crippen molar-refractivity contribution in [1.82, 2.24) is 5.32 Å². The minimum atomic E-state index is -0.636. The average molecular weight is 225 g/mol. The highest BCUT2D eigenvalue weighted by molar-refractivity contribution is 5.96. The van der Waals surface area contributed by atoms with Gasteiger partial charge in [-0.05, 0) is 24.6 Å². The van der Waals surface area contributed by atoms with Gasteiger partial charge in [-0.1, -0.05) is 6.07 Å². The van der Waals surface area contributed by atoms with Crippen molar-refractivity contribution >= 4 is 11.9 Å². The van der Waals surface area contributed by atoms with Crippen LogP contribution in [0.15, 0.2) is 18.2 Å². The van der Waals surface area contributed by atoms with Gasteiger partial charge < -0.3 is 10.1 Å². The lowest BCUT2D eigenvalue weighted by molar-refractivity contribution is -0.139. The third-order valence-electron chi connectivity index (χ3n) is 1.99. The van der Waals surface area contributed by atoms with Crippen LogP contribution < -0.4 is 5.32 Å². The van der Waals surface area contributed by atoms with Gasteiger partial charge in [0.15, 0.2) is 0 Å². The molecule has 0 aliphatic heterocycles. The van der Waals surface area contributed by atoms with Crippen LogP contribution in [0.25, 0.3) is 0 Å². The number of benzene rings is 1. The van der Waals surface area contributed by atoms with Crippen LogP contribution in [0, 0.1) is 12.7 Å². The summed E-state index contributed by atoms with van der Waals surface area (Å²) < 4.78 is 17.7. The molecule has 0 bridgehead atoms. The summed E-state index contributed by atoms with van der Waals surface area (Å²) in [5, 5.41) is 2.26. The fourth-order valence-electron chi connectivity index (χ4n) is 1.12. The first-order valence-electron chi connectivity index (χ1n) is 4.65. The number of halogens is 1. The lowest BCUT2D eigenvalue weighted by atomic mass is 10.1. The van der Waals surface area contributed by atoms with Crippen molar-refractivity contribution < 1.29 is 18.7 Å². The Morgan fingerprint density at radius 1 is 1.44 bits per heavy atom. The summed E-state index contributed by atoms with van der Waals surface area (Å²) in [6, 6.07) is 4.25. The fourth-order valence-corrected chi connectivity index (χ4v) is 1.12. The minimum absolute atomic E-state index is 0.0884. The van der Waals surface area contributed by atoms with Gasteiger partial charge in [0.2, 0.25) is 0 Å². The number of hydrogen-bond donors (Lipinski definition) is 1. The Bertz CT molecular complexity index is 418. The Labute approximate surface area is 92.4 Å². The van der Waals surface area contributed by atoms with Gasteiger partial charge in [0, 0.05) is 0 Å². The van der Waals surface area contributed by atoms with Crippen molar-refractivity contribution in [3.63, 3.8) is 0 Å². The number of aryl methyl sites for hydroxylation is 1. The van der Waals surface area contributed by atoms with E-state index in [1.165, 1.54) is 19.2 Å². The number of methoxy groups -OCH3 is 1. The molecule has 0 saturated carbocycles. The van der Waals surface area contributed by atoms with Gasteiger partial charge >= 0.3 is 5.97 Å². The predicted octanol–water partition coefficient (Wildman–Crippen LogP) is 1.04. The maximum absolute atomic E-state index is 13.3. The Balaban J connectivity index is 2.70. The summed E-state index contributed by atoms with van der Waals surface area (Å²) in [5.74, 6) is -1.83. The summed E-state index contributed by atoms with van der Waals surface area (Å²) >= 11 is 0. The Morgan fingerprint density at radius 3 is 2.69 bits per heavy atom. The Hall–Kier alpha value is -1.91. The highest BCUT2D eigenvalue weighted by Gasteiger charge is 2.12. The van der Waals surface area contributed by atoms with Crippen LogP contribution in [0.2, 0.25) is 0 Å². The molecule has 1 aromatic carbocycles. The summed E-state index contributed by atoms with van der Waals surface area (Å²) in [7, 11) is 1.21. The summed E-state index contributed by atoms with van der Waals surface area (Å²) in [6.45, 7) is 1.45. The van der Waals surface area contributed by atoms with E-state index in [9.17, 15) is 14.0 Å². The Kier molecular flexibility index (Phi) is 3.99. The molecule has 0 fully saturated rings. The number of esters is 1. The zero-order valence-corrected chi connectivity index (χ0v) is 9.04. The first-order valence-corrected chi connectivity index (χ1v) is 4.65. The van der Waals surface area contributed by atoms with Gasteiger partial charge in [-0.25, -0.2) is 4.39 Å². The number of ether oxygens (including phenoxy) is 1. The molecule has 0 aromatic heterocycles. The SMILES string of the molecule is COC(=O)CNC(=O)c1ccc(C)cc1F. The molecule has 0 aliphatic carbocycles. The van der Waals surface area contributed by atoms with Crippen LogP contribution in [0.3, 0.4) is 0 Å². The molecule has 1 N–H and O–H groups in total. The molecule has 0 aliphatic rings. The molecule has 0 radical (unpaired) electrons. The van der Waals surface area contributed by atoms with Crippen LogP contribution >= 0.6 is 0 Å². The number of carbonyl (C=O) groups excluding carboxylic acids is 2. The smallest absolute Gasteiger partial charge is 0.325 e.